The first kappa shape index (κ1) is 16.9. The van der Waals surface area contributed by atoms with Crippen LogP contribution in [0.2, 0.25) is 0 Å². The quantitative estimate of drug-likeness (QED) is 0.338. The molecule has 0 amide bonds. The van der Waals surface area contributed by atoms with Crippen molar-refractivity contribution < 1.29 is 32.0 Å². The highest BCUT2D eigenvalue weighted by molar-refractivity contribution is 5.90. The van der Waals surface area contributed by atoms with Crippen LogP contribution in [0, 0.1) is 0 Å². The first-order chi connectivity index (χ1) is 17.3. The van der Waals surface area contributed by atoms with E-state index in [0.29, 0.717) is 12.5 Å². The molecule has 6 nitrogen and oxygen atoms in total. The van der Waals surface area contributed by atoms with Gasteiger partial charge in [0.05, 0.1) is 41.6 Å². The Balaban J connectivity index is 1.86. The lowest BCUT2D eigenvalue weighted by Crippen LogP contribution is -2.35. The van der Waals surface area contributed by atoms with Gasteiger partial charge in [0.25, 0.3) is 0 Å². The molecular weight excluding hydrogens is 394 g/mol. The highest BCUT2D eigenvalue weighted by Gasteiger charge is 2.14. The average Bonchev–Trinajstić information content (AvgIpc) is 2.81. The summed E-state index contributed by atoms with van der Waals surface area (Å²) < 4.78 is 63.7. The number of carbonyl (C=O) groups excluding carboxylic acids is 1. The molecule has 31 heavy (non-hydrogen) atoms. The molecule has 0 aliphatic rings. The van der Waals surface area contributed by atoms with Gasteiger partial charge in [0.1, 0.15) is 5.75 Å². The summed E-state index contributed by atoms with van der Waals surface area (Å²) in [6.45, 7) is 6.23. The van der Waals surface area contributed by atoms with Crippen LogP contribution in [0.3, 0.4) is 0 Å². The normalized spacial score (nSPS) is 15.5. The highest BCUT2D eigenvalue weighted by atomic mass is 16.5. The predicted molar refractivity (Wildman–Crippen MR) is 122 cm³/mol. The van der Waals surface area contributed by atoms with E-state index < -0.39 is 20.0 Å². The molecule has 0 aliphatic heterocycles. The number of benzene rings is 2. The van der Waals surface area contributed by atoms with Crippen molar-refractivity contribution in [3.63, 3.8) is 0 Å². The summed E-state index contributed by atoms with van der Waals surface area (Å²) in [6, 6.07) is 12.0. The second-order valence-corrected chi connectivity index (χ2v) is 7.24. The number of hydrogen-bond donors (Lipinski definition) is 0. The Morgan fingerprint density at radius 1 is 1.03 bits per heavy atom. The molecule has 0 saturated heterocycles. The molecule has 0 spiro atoms. The van der Waals surface area contributed by atoms with Crippen LogP contribution in [0.1, 0.15) is 50.8 Å². The van der Waals surface area contributed by atoms with Crippen molar-refractivity contribution in [1.29, 1.82) is 0 Å². The molecule has 1 unspecified atom stereocenters. The molecule has 0 bridgehead atoms. The van der Waals surface area contributed by atoms with Crippen LogP contribution < -0.4 is 14.2 Å². The summed E-state index contributed by atoms with van der Waals surface area (Å²) in [7, 11) is -4.02. The van der Waals surface area contributed by atoms with E-state index in [1.807, 2.05) is 12.1 Å². The number of nitrogens with zero attached hydrogens (tertiary/aromatic N) is 1. The van der Waals surface area contributed by atoms with Crippen LogP contribution in [-0.2, 0) is 11.2 Å². The van der Waals surface area contributed by atoms with Gasteiger partial charge in [-0.2, -0.15) is 0 Å². The van der Waals surface area contributed by atoms with E-state index >= 15 is 0 Å². The number of rotatable bonds is 13. The Bertz CT molecular complexity index is 995. The second kappa shape index (κ2) is 12.8. The molecule has 0 N–H and O–H groups in total. The van der Waals surface area contributed by atoms with Gasteiger partial charge in [0.2, 0.25) is 0 Å². The molecule has 0 saturated carbocycles. The van der Waals surface area contributed by atoms with Gasteiger partial charge in [-0.15, -0.1) is 0 Å². The monoisotopic (exact) mass is 435 g/mol. The SMILES string of the molecule is [2H]C([2H])([2H])Oc1ccc(C(=O)OCCCCN(CC)C(C)Cc2ccc(OC)cc2)cc1OC([2H])([2H])[2H]. The molecule has 1 atom stereocenters. The lowest BCUT2D eigenvalue weighted by molar-refractivity contribution is 0.0493. The third-order valence-electron chi connectivity index (χ3n) is 5.19. The topological polar surface area (TPSA) is 57.2 Å². The van der Waals surface area contributed by atoms with Crippen LogP contribution in [0.25, 0.3) is 0 Å². The smallest absolute Gasteiger partial charge is 0.338 e. The molecule has 170 valence electrons. The van der Waals surface area contributed by atoms with Crippen LogP contribution in [0.5, 0.6) is 17.2 Å². The minimum absolute atomic E-state index is 0.0282. The summed E-state index contributed by atoms with van der Waals surface area (Å²) in [5, 5.41) is 0. The third-order valence-corrected chi connectivity index (χ3v) is 5.19. The van der Waals surface area contributed by atoms with Crippen molar-refractivity contribution in [1.82, 2.24) is 4.90 Å². The minimum Gasteiger partial charge on any atom is -0.497 e. The first-order valence-electron chi connectivity index (χ1n) is 13.4. The Morgan fingerprint density at radius 3 is 2.45 bits per heavy atom. The Hall–Kier alpha value is -2.73. The van der Waals surface area contributed by atoms with Gasteiger partial charge in [-0.1, -0.05) is 19.1 Å². The Morgan fingerprint density at radius 2 is 1.77 bits per heavy atom. The maximum absolute atomic E-state index is 12.5. The van der Waals surface area contributed by atoms with Crippen LogP contribution >= 0.6 is 0 Å². The van der Waals surface area contributed by atoms with Crippen molar-refractivity contribution in [2.75, 3.05) is 40.9 Å². The van der Waals surface area contributed by atoms with Gasteiger partial charge in [-0.25, -0.2) is 4.79 Å². The fraction of sp³-hybridized carbons (Fsp3) is 0.480. The largest absolute Gasteiger partial charge is 0.497 e. The zero-order valence-electron chi connectivity index (χ0n) is 24.3. The lowest BCUT2D eigenvalue weighted by atomic mass is 10.1. The van der Waals surface area contributed by atoms with E-state index in [0.717, 1.165) is 37.7 Å². The summed E-state index contributed by atoms with van der Waals surface area (Å²) in [5.41, 5.74) is 1.26. The zero-order valence-corrected chi connectivity index (χ0v) is 18.3. The lowest BCUT2D eigenvalue weighted by Gasteiger charge is -2.28. The maximum Gasteiger partial charge on any atom is 0.338 e. The molecule has 0 aromatic heterocycles. The molecule has 0 aliphatic carbocycles. The summed E-state index contributed by atoms with van der Waals surface area (Å²) in [4.78, 5) is 14.8. The van der Waals surface area contributed by atoms with Crippen molar-refractivity contribution in [2.45, 2.75) is 39.2 Å². The van der Waals surface area contributed by atoms with Gasteiger partial charge in [0, 0.05) is 6.04 Å². The number of esters is 1. The minimum atomic E-state index is -2.86. The van der Waals surface area contributed by atoms with Crippen molar-refractivity contribution >= 4 is 5.97 Å². The average molecular weight is 436 g/mol. The van der Waals surface area contributed by atoms with E-state index in [2.05, 4.69) is 30.9 Å². The number of carbonyl (C=O) groups is 1. The van der Waals surface area contributed by atoms with Crippen LogP contribution in [0.15, 0.2) is 42.5 Å². The Kier molecular flexibility index (Phi) is 7.01. The summed E-state index contributed by atoms with van der Waals surface area (Å²) in [6.07, 6.45) is 2.39. The number of likely N-dealkylation sites (N-methyl/N-ethyl adjacent to an activating group) is 1. The third kappa shape index (κ3) is 7.47. The van der Waals surface area contributed by atoms with Crippen molar-refractivity contribution in [3.05, 3.63) is 53.6 Å². The molecule has 2 aromatic carbocycles. The van der Waals surface area contributed by atoms with E-state index in [9.17, 15) is 4.79 Å². The highest BCUT2D eigenvalue weighted by Crippen LogP contribution is 2.27. The molecular formula is C25H35NO5. The maximum atomic E-state index is 12.5. The van der Waals surface area contributed by atoms with Crippen LogP contribution in [0.4, 0.5) is 0 Å². The van der Waals surface area contributed by atoms with Crippen LogP contribution in [-0.4, -0.2) is 57.8 Å². The molecule has 6 heteroatoms. The van der Waals surface area contributed by atoms with E-state index in [1.165, 1.54) is 17.7 Å². The molecule has 2 rings (SSSR count). The van der Waals surface area contributed by atoms with Gasteiger partial charge in [-0.05, 0) is 75.2 Å². The van der Waals surface area contributed by atoms with Gasteiger partial charge < -0.3 is 23.8 Å². The van der Waals surface area contributed by atoms with Gasteiger partial charge >= 0.3 is 5.97 Å². The first-order valence-corrected chi connectivity index (χ1v) is 10.4. The fourth-order valence-electron chi connectivity index (χ4n) is 3.39. The van der Waals surface area contributed by atoms with Gasteiger partial charge in [-0.3, -0.25) is 0 Å². The molecule has 2 aromatic rings. The fourth-order valence-corrected chi connectivity index (χ4v) is 3.39. The number of hydrogen-bond acceptors (Lipinski definition) is 6. The predicted octanol–water partition coefficient (Wildman–Crippen LogP) is 4.60. The second-order valence-electron chi connectivity index (χ2n) is 7.24. The number of ether oxygens (including phenoxy) is 4. The summed E-state index contributed by atoms with van der Waals surface area (Å²) in [5.74, 6) is -0.527. The molecule has 0 heterocycles. The molecule has 0 fully saturated rings. The summed E-state index contributed by atoms with van der Waals surface area (Å²) >= 11 is 0. The number of unbranched alkanes of at least 4 members (excludes halogenated alkanes) is 1. The van der Waals surface area contributed by atoms with Crippen molar-refractivity contribution in [2.24, 2.45) is 0 Å². The zero-order chi connectivity index (χ0) is 27.6. The van der Waals surface area contributed by atoms with E-state index in [4.69, 9.17) is 27.2 Å². The Labute approximate surface area is 194 Å². The van der Waals surface area contributed by atoms with E-state index in [-0.39, 0.29) is 23.7 Å². The number of methoxy groups -OCH3 is 3. The molecule has 0 radical (unpaired) electrons. The van der Waals surface area contributed by atoms with Gasteiger partial charge in [0.15, 0.2) is 11.5 Å². The standard InChI is InChI=1S/C25H35NO5/c1-6-26(19(2)17-20-9-12-22(28-3)13-10-20)15-7-8-16-31-25(27)21-11-14-23(29-4)24(18-21)30-5/h9-14,18-19H,6-8,15-17H2,1-5H3/i4D3,5D3. The van der Waals surface area contributed by atoms with E-state index in [1.54, 1.807) is 7.11 Å². The van der Waals surface area contributed by atoms with Crippen molar-refractivity contribution in [3.8, 4) is 17.2 Å².